The van der Waals surface area contributed by atoms with Crippen LogP contribution >= 0.6 is 0 Å². The van der Waals surface area contributed by atoms with Gasteiger partial charge in [-0.25, -0.2) is 4.98 Å². The lowest BCUT2D eigenvalue weighted by Crippen LogP contribution is -2.29. The summed E-state index contributed by atoms with van der Waals surface area (Å²) in [6, 6.07) is 15.9. The number of nitrogens with zero attached hydrogens (tertiary/aromatic N) is 5. The number of carbonyl (C=O) groups excluding carboxylic acids is 1. The molecule has 1 saturated heterocycles. The van der Waals surface area contributed by atoms with E-state index in [0.717, 1.165) is 48.0 Å². The van der Waals surface area contributed by atoms with Crippen LogP contribution in [-0.4, -0.2) is 50.9 Å². The van der Waals surface area contributed by atoms with Gasteiger partial charge in [0.25, 0.3) is 5.91 Å². The van der Waals surface area contributed by atoms with Crippen molar-refractivity contribution >= 4 is 22.5 Å². The van der Waals surface area contributed by atoms with Gasteiger partial charge in [-0.1, -0.05) is 29.5 Å². The first kappa shape index (κ1) is 20.3. The van der Waals surface area contributed by atoms with Crippen molar-refractivity contribution in [2.24, 2.45) is 7.05 Å². The number of aromatic nitrogens is 4. The quantitative estimate of drug-likeness (QED) is 0.532. The number of benzene rings is 2. The minimum Gasteiger partial charge on any atom is -0.307 e. The molecule has 7 heteroatoms. The van der Waals surface area contributed by atoms with E-state index >= 15 is 0 Å². The average molecular weight is 427 g/mol. The first-order chi connectivity index (χ1) is 15.5. The van der Waals surface area contributed by atoms with Gasteiger partial charge in [0.1, 0.15) is 11.5 Å². The van der Waals surface area contributed by atoms with Crippen molar-refractivity contribution in [1.82, 2.24) is 24.9 Å². The molecule has 3 heterocycles. The first-order valence-electron chi connectivity index (χ1n) is 10.9. The molecule has 4 aromatic rings. The predicted octanol–water partition coefficient (Wildman–Crippen LogP) is 4.09. The molecule has 32 heavy (non-hydrogen) atoms. The second-order valence-corrected chi connectivity index (χ2v) is 8.57. The molecular formula is C25H26N6O. The number of hydrogen-bond donors (Lipinski definition) is 1. The van der Waals surface area contributed by atoms with Crippen LogP contribution in [0.2, 0.25) is 0 Å². The predicted molar refractivity (Wildman–Crippen MR) is 126 cm³/mol. The number of piperidine rings is 1. The van der Waals surface area contributed by atoms with Crippen LogP contribution in [0.25, 0.3) is 22.0 Å². The van der Waals surface area contributed by atoms with E-state index in [1.54, 1.807) is 10.9 Å². The summed E-state index contributed by atoms with van der Waals surface area (Å²) in [5.41, 5.74) is 3.69. The first-order valence-corrected chi connectivity index (χ1v) is 10.9. The summed E-state index contributed by atoms with van der Waals surface area (Å²) in [6.07, 6.45) is 5.91. The summed E-state index contributed by atoms with van der Waals surface area (Å²) in [5.74, 6) is 0.900. The number of hydrogen-bond acceptors (Lipinski definition) is 5. The zero-order valence-electron chi connectivity index (χ0n) is 18.3. The Morgan fingerprint density at radius 2 is 1.88 bits per heavy atom. The molecule has 0 bridgehead atoms. The van der Waals surface area contributed by atoms with Gasteiger partial charge in [0.2, 0.25) is 0 Å². The summed E-state index contributed by atoms with van der Waals surface area (Å²) in [7, 11) is 4.00. The molecule has 1 aliphatic rings. The molecule has 5 rings (SSSR count). The van der Waals surface area contributed by atoms with Gasteiger partial charge in [-0.05, 0) is 74.1 Å². The van der Waals surface area contributed by atoms with E-state index in [0.29, 0.717) is 17.3 Å². The van der Waals surface area contributed by atoms with Gasteiger partial charge in [0, 0.05) is 29.8 Å². The average Bonchev–Trinajstić information content (AvgIpc) is 3.25. The van der Waals surface area contributed by atoms with Crippen molar-refractivity contribution in [2.45, 2.75) is 18.8 Å². The molecule has 162 valence electrons. The molecule has 0 atom stereocenters. The summed E-state index contributed by atoms with van der Waals surface area (Å²) < 4.78 is 1.68. The SMILES string of the molecule is CN1CCC(c2cccc(C(=O)Nc3cc4cc(-c5cn(C)nn5)ccc4cn3)c2)CC1. The Labute approximate surface area is 187 Å². The highest BCUT2D eigenvalue weighted by molar-refractivity contribution is 6.04. The van der Waals surface area contributed by atoms with Crippen LogP contribution in [0, 0.1) is 0 Å². The Morgan fingerprint density at radius 1 is 1.03 bits per heavy atom. The van der Waals surface area contributed by atoms with E-state index in [9.17, 15) is 4.79 Å². The van der Waals surface area contributed by atoms with Crippen molar-refractivity contribution in [1.29, 1.82) is 0 Å². The zero-order valence-corrected chi connectivity index (χ0v) is 18.3. The number of rotatable bonds is 4. The maximum absolute atomic E-state index is 12.9. The molecule has 0 spiro atoms. The lowest BCUT2D eigenvalue weighted by atomic mass is 9.89. The fourth-order valence-electron chi connectivity index (χ4n) is 4.31. The summed E-state index contributed by atoms with van der Waals surface area (Å²) in [5, 5.41) is 13.1. The molecule has 1 aliphatic heterocycles. The highest BCUT2D eigenvalue weighted by Crippen LogP contribution is 2.28. The van der Waals surface area contributed by atoms with Crippen molar-refractivity contribution in [2.75, 3.05) is 25.5 Å². The van der Waals surface area contributed by atoms with Crippen molar-refractivity contribution in [3.05, 3.63) is 72.1 Å². The minimum absolute atomic E-state index is 0.142. The number of amides is 1. The fourth-order valence-corrected chi connectivity index (χ4v) is 4.31. The lowest BCUT2D eigenvalue weighted by molar-refractivity contribution is 0.102. The second kappa shape index (κ2) is 8.51. The van der Waals surface area contributed by atoms with Crippen molar-refractivity contribution in [3.63, 3.8) is 0 Å². The van der Waals surface area contributed by atoms with Crippen LogP contribution in [0.1, 0.15) is 34.7 Å². The van der Waals surface area contributed by atoms with Crippen LogP contribution in [-0.2, 0) is 7.05 Å². The Hall–Kier alpha value is -3.58. The van der Waals surface area contributed by atoms with Gasteiger partial charge in [-0.2, -0.15) is 0 Å². The zero-order chi connectivity index (χ0) is 22.1. The summed E-state index contributed by atoms with van der Waals surface area (Å²) >= 11 is 0. The van der Waals surface area contributed by atoms with E-state index in [4.69, 9.17) is 0 Å². The molecule has 2 aromatic heterocycles. The molecule has 1 amide bonds. The van der Waals surface area contributed by atoms with Gasteiger partial charge in [0.05, 0.1) is 6.20 Å². The van der Waals surface area contributed by atoms with Gasteiger partial charge >= 0.3 is 0 Å². The third kappa shape index (κ3) is 4.24. The molecule has 0 radical (unpaired) electrons. The molecule has 1 N–H and O–H groups in total. The van der Waals surface area contributed by atoms with Crippen molar-refractivity contribution < 1.29 is 4.79 Å². The topological polar surface area (TPSA) is 75.9 Å². The number of anilines is 1. The van der Waals surface area contributed by atoms with Gasteiger partial charge in [-0.15, -0.1) is 5.10 Å². The summed E-state index contributed by atoms with van der Waals surface area (Å²) in [6.45, 7) is 2.19. The van der Waals surface area contributed by atoms with E-state index in [1.165, 1.54) is 5.56 Å². The molecule has 0 unspecified atom stereocenters. The highest BCUT2D eigenvalue weighted by Gasteiger charge is 2.19. The molecule has 2 aromatic carbocycles. The minimum atomic E-state index is -0.142. The highest BCUT2D eigenvalue weighted by atomic mass is 16.1. The normalized spacial score (nSPS) is 15.2. The number of nitrogens with one attached hydrogen (secondary N) is 1. The number of likely N-dealkylation sites (tertiary alicyclic amines) is 1. The summed E-state index contributed by atoms with van der Waals surface area (Å²) in [4.78, 5) is 19.7. The second-order valence-electron chi connectivity index (χ2n) is 8.57. The molecule has 1 fully saturated rings. The van der Waals surface area contributed by atoms with Gasteiger partial charge < -0.3 is 10.2 Å². The third-order valence-electron chi connectivity index (χ3n) is 6.20. The van der Waals surface area contributed by atoms with E-state index in [2.05, 4.69) is 38.6 Å². The molecule has 0 saturated carbocycles. The van der Waals surface area contributed by atoms with E-state index in [-0.39, 0.29) is 5.91 Å². The number of pyridine rings is 1. The fraction of sp³-hybridized carbons (Fsp3) is 0.280. The van der Waals surface area contributed by atoms with E-state index < -0.39 is 0 Å². The van der Waals surface area contributed by atoms with Crippen LogP contribution in [0.3, 0.4) is 0 Å². The molecular weight excluding hydrogens is 400 g/mol. The Kier molecular flexibility index (Phi) is 5.41. The number of fused-ring (bicyclic) bond motifs is 1. The number of aryl methyl sites for hydroxylation is 1. The largest absolute Gasteiger partial charge is 0.307 e. The van der Waals surface area contributed by atoms with E-state index in [1.807, 2.05) is 55.7 Å². The lowest BCUT2D eigenvalue weighted by Gasteiger charge is -2.29. The van der Waals surface area contributed by atoms with Crippen LogP contribution in [0.4, 0.5) is 5.82 Å². The smallest absolute Gasteiger partial charge is 0.256 e. The standard InChI is InChI=1S/C25H26N6O/c1-30-10-8-17(9-11-30)18-4-3-5-20(12-18)25(32)27-24-14-22-13-19(6-7-21(22)15-26-24)23-16-31(2)29-28-23/h3-7,12-17H,8-11H2,1-2H3,(H,26,27,32). The monoisotopic (exact) mass is 426 g/mol. The van der Waals surface area contributed by atoms with Crippen molar-refractivity contribution in [3.8, 4) is 11.3 Å². The van der Waals surface area contributed by atoms with Crippen LogP contribution in [0.15, 0.2) is 60.9 Å². The Balaban J connectivity index is 1.36. The van der Waals surface area contributed by atoms with Gasteiger partial charge in [-0.3, -0.25) is 9.48 Å². The Morgan fingerprint density at radius 3 is 2.66 bits per heavy atom. The van der Waals surface area contributed by atoms with Gasteiger partial charge in [0.15, 0.2) is 0 Å². The molecule has 7 nitrogen and oxygen atoms in total. The van der Waals surface area contributed by atoms with Crippen LogP contribution < -0.4 is 5.32 Å². The number of carbonyl (C=O) groups is 1. The third-order valence-corrected chi connectivity index (χ3v) is 6.20. The maximum Gasteiger partial charge on any atom is 0.256 e. The Bertz CT molecular complexity index is 1270. The van der Waals surface area contributed by atoms with Crippen LogP contribution in [0.5, 0.6) is 0 Å². The maximum atomic E-state index is 12.9. The molecule has 0 aliphatic carbocycles.